The van der Waals surface area contributed by atoms with Crippen LogP contribution in [0.1, 0.15) is 32.9 Å². The van der Waals surface area contributed by atoms with Gasteiger partial charge in [-0.25, -0.2) is 33.1 Å². The van der Waals surface area contributed by atoms with E-state index in [1.54, 1.807) is 44.5 Å². The summed E-state index contributed by atoms with van der Waals surface area (Å²) in [4.78, 5) is 42.8. The van der Waals surface area contributed by atoms with Gasteiger partial charge in [0.2, 0.25) is 0 Å². The average Bonchev–Trinajstić information content (AvgIpc) is 3.57. The lowest BCUT2D eigenvalue weighted by molar-refractivity contribution is 0.0730. The summed E-state index contributed by atoms with van der Waals surface area (Å²) in [5.74, 6) is -1.44. The number of nitrogens with zero attached hydrogens (tertiary/aromatic N) is 7. The summed E-state index contributed by atoms with van der Waals surface area (Å²) < 4.78 is 33.4. The van der Waals surface area contributed by atoms with Gasteiger partial charge in [0.25, 0.3) is 5.91 Å². The molecule has 1 aliphatic rings. The Kier molecular flexibility index (Phi) is 6.75. The lowest BCUT2D eigenvalue weighted by atomic mass is 10.0. The lowest BCUT2D eigenvalue weighted by Crippen LogP contribution is -2.36. The maximum Gasteiger partial charge on any atom is 0.339 e. The van der Waals surface area contributed by atoms with Crippen molar-refractivity contribution >= 4 is 28.1 Å². The number of imidazole rings is 1. The average molecular weight is 628 g/mol. The van der Waals surface area contributed by atoms with Crippen molar-refractivity contribution < 1.29 is 13.6 Å². The Morgan fingerprint density at radius 2 is 1.64 bits per heavy atom. The zero-order valence-corrected chi connectivity index (χ0v) is 25.3. The van der Waals surface area contributed by atoms with Gasteiger partial charge in [-0.15, -0.1) is 0 Å². The monoisotopic (exact) mass is 627 g/mol. The Bertz CT molecular complexity index is 2400. The van der Waals surface area contributed by atoms with Crippen molar-refractivity contribution in [3.63, 3.8) is 0 Å². The molecule has 5 heterocycles. The van der Waals surface area contributed by atoms with Gasteiger partial charge < -0.3 is 9.47 Å². The predicted molar refractivity (Wildman–Crippen MR) is 173 cm³/mol. The molecule has 0 atom stereocenters. The molecule has 1 aliphatic heterocycles. The van der Waals surface area contributed by atoms with Gasteiger partial charge in [-0.05, 0) is 73.5 Å². The van der Waals surface area contributed by atoms with E-state index in [2.05, 4.69) is 15.0 Å². The number of hydrogen-bond donors (Lipinski definition) is 0. The van der Waals surface area contributed by atoms with Gasteiger partial charge in [-0.1, -0.05) is 24.3 Å². The van der Waals surface area contributed by atoms with Crippen molar-refractivity contribution in [2.75, 3.05) is 6.54 Å². The second-order valence-electron chi connectivity index (χ2n) is 11.6. The number of carbonyl (C=O) groups is 1. The summed E-state index contributed by atoms with van der Waals surface area (Å²) in [5.41, 5.74) is 6.13. The number of benzene rings is 3. The summed E-state index contributed by atoms with van der Waals surface area (Å²) in [6.07, 6.45) is 3.73. The Morgan fingerprint density at radius 1 is 0.851 bits per heavy atom. The second-order valence-corrected chi connectivity index (χ2v) is 11.6. The minimum absolute atomic E-state index is 0.153. The van der Waals surface area contributed by atoms with Crippen LogP contribution in [-0.4, -0.2) is 46.0 Å². The number of fused-ring (bicyclic) bond motifs is 4. The van der Waals surface area contributed by atoms with Gasteiger partial charge in [0.05, 0.1) is 30.2 Å². The number of rotatable bonds is 5. The topological polar surface area (TPSA) is 90.8 Å². The van der Waals surface area contributed by atoms with Crippen LogP contribution in [0.5, 0.6) is 0 Å². The molecule has 0 spiro atoms. The summed E-state index contributed by atoms with van der Waals surface area (Å²) in [7, 11) is 0. The first-order valence-corrected chi connectivity index (χ1v) is 15.2. The number of hydrogen-bond acceptors (Lipinski definition) is 5. The molecule has 11 heteroatoms. The Labute approximate surface area is 267 Å². The van der Waals surface area contributed by atoms with E-state index >= 15 is 0 Å². The smallest absolute Gasteiger partial charge is 0.332 e. The van der Waals surface area contributed by atoms with Gasteiger partial charge >= 0.3 is 5.69 Å². The molecule has 0 bridgehead atoms. The molecule has 47 heavy (non-hydrogen) atoms. The molecule has 0 fully saturated rings. The van der Waals surface area contributed by atoms with Gasteiger partial charge in [0, 0.05) is 41.0 Å². The molecular formula is C36H27F2N7O2. The van der Waals surface area contributed by atoms with E-state index in [0.717, 1.165) is 22.7 Å². The zero-order valence-electron chi connectivity index (χ0n) is 25.3. The van der Waals surface area contributed by atoms with Gasteiger partial charge in [-0.3, -0.25) is 9.36 Å². The third-order valence-electron chi connectivity index (χ3n) is 8.84. The number of halogens is 2. The van der Waals surface area contributed by atoms with Crippen molar-refractivity contribution in [1.29, 1.82) is 0 Å². The highest BCUT2D eigenvalue weighted by atomic mass is 19.1. The quantitative estimate of drug-likeness (QED) is 0.242. The van der Waals surface area contributed by atoms with Crippen molar-refractivity contribution in [2.24, 2.45) is 0 Å². The van der Waals surface area contributed by atoms with Gasteiger partial charge in [0.15, 0.2) is 5.65 Å². The highest BCUT2D eigenvalue weighted by Gasteiger charge is 2.28. The van der Waals surface area contributed by atoms with Crippen LogP contribution in [0.3, 0.4) is 0 Å². The zero-order chi connectivity index (χ0) is 32.2. The number of pyridine rings is 1. The Balaban J connectivity index is 1.13. The van der Waals surface area contributed by atoms with E-state index in [1.807, 2.05) is 54.0 Å². The summed E-state index contributed by atoms with van der Waals surface area (Å²) in [6.45, 7) is 2.78. The SMILES string of the molecule is Cc1ncnc2c1n(-c1ccc(C(=O)N3CCc4c(n(Cc5ccc(F)cc5F)c5ncccc45)C3)cc1)c(=O)n2-c1ccccc1. The van der Waals surface area contributed by atoms with Crippen molar-refractivity contribution in [3.8, 4) is 11.4 Å². The maximum absolute atomic E-state index is 14.7. The standard InChI is InChI=1S/C36H27F2N7O2/c1-22-32-34(41-21-40-22)45(26-6-3-2-4-7-26)36(47)44(32)27-13-10-23(11-14-27)35(46)42-17-15-28-29-8-5-16-39-33(29)43(31(28)20-42)19-24-9-12-25(37)18-30(24)38/h2-14,16,18,21H,15,17,19-20H2,1H3. The van der Waals surface area contributed by atoms with Crippen molar-refractivity contribution in [2.45, 2.75) is 26.4 Å². The first kappa shape index (κ1) is 28.5. The Morgan fingerprint density at radius 3 is 2.43 bits per heavy atom. The number of aromatic nitrogens is 6. The van der Waals surface area contributed by atoms with E-state index in [9.17, 15) is 18.4 Å². The normalized spacial score (nSPS) is 13.0. The van der Waals surface area contributed by atoms with Crippen LogP contribution < -0.4 is 5.69 Å². The van der Waals surface area contributed by atoms with E-state index in [4.69, 9.17) is 0 Å². The van der Waals surface area contributed by atoms with Crippen LogP contribution in [0.2, 0.25) is 0 Å². The van der Waals surface area contributed by atoms with Crippen LogP contribution in [-0.2, 0) is 19.5 Å². The van der Waals surface area contributed by atoms with E-state index in [-0.39, 0.29) is 18.1 Å². The van der Waals surface area contributed by atoms with E-state index < -0.39 is 11.6 Å². The molecule has 7 aromatic rings. The van der Waals surface area contributed by atoms with Crippen LogP contribution in [0.4, 0.5) is 8.78 Å². The molecular weight excluding hydrogens is 600 g/mol. The first-order valence-electron chi connectivity index (χ1n) is 15.2. The number of aryl methyl sites for hydroxylation is 1. The lowest BCUT2D eigenvalue weighted by Gasteiger charge is -2.29. The molecule has 4 aromatic heterocycles. The highest BCUT2D eigenvalue weighted by Crippen LogP contribution is 2.32. The molecule has 0 unspecified atom stereocenters. The minimum Gasteiger partial charge on any atom is -0.332 e. The molecule has 232 valence electrons. The first-order chi connectivity index (χ1) is 22.9. The number of carbonyl (C=O) groups excluding carboxylic acids is 1. The molecule has 0 radical (unpaired) electrons. The third-order valence-corrected chi connectivity index (χ3v) is 8.84. The highest BCUT2D eigenvalue weighted by molar-refractivity contribution is 5.95. The fraction of sp³-hybridized carbons (Fsp3) is 0.139. The van der Waals surface area contributed by atoms with Crippen molar-refractivity contribution in [1.82, 2.24) is 33.6 Å². The molecule has 0 saturated carbocycles. The van der Waals surface area contributed by atoms with Gasteiger partial charge in [-0.2, -0.15) is 0 Å². The summed E-state index contributed by atoms with van der Waals surface area (Å²) in [6, 6.07) is 23.6. The molecule has 0 aliphatic carbocycles. The van der Waals surface area contributed by atoms with E-state index in [0.29, 0.717) is 64.5 Å². The number of para-hydroxylation sites is 1. The second kappa shape index (κ2) is 11.1. The fourth-order valence-electron chi connectivity index (χ4n) is 6.57. The van der Waals surface area contributed by atoms with Crippen molar-refractivity contribution in [3.05, 3.63) is 148 Å². The largest absolute Gasteiger partial charge is 0.339 e. The Hall–Kier alpha value is -5.97. The third kappa shape index (κ3) is 4.70. The molecule has 1 amide bonds. The minimum atomic E-state index is -0.637. The fourth-order valence-corrected chi connectivity index (χ4v) is 6.57. The summed E-state index contributed by atoms with van der Waals surface area (Å²) in [5, 5.41) is 0.959. The molecule has 3 aromatic carbocycles. The number of amides is 1. The maximum atomic E-state index is 14.7. The van der Waals surface area contributed by atoms with Crippen LogP contribution in [0, 0.1) is 18.6 Å². The van der Waals surface area contributed by atoms with Gasteiger partial charge in [0.1, 0.15) is 29.1 Å². The summed E-state index contributed by atoms with van der Waals surface area (Å²) >= 11 is 0. The molecule has 9 nitrogen and oxygen atoms in total. The molecule has 0 N–H and O–H groups in total. The molecule has 8 rings (SSSR count). The van der Waals surface area contributed by atoms with Crippen LogP contribution in [0.25, 0.3) is 33.6 Å². The molecule has 0 saturated heterocycles. The predicted octanol–water partition coefficient (Wildman–Crippen LogP) is 5.75. The van der Waals surface area contributed by atoms with E-state index in [1.165, 1.54) is 18.5 Å². The van der Waals surface area contributed by atoms with Crippen LogP contribution >= 0.6 is 0 Å². The van der Waals surface area contributed by atoms with Crippen LogP contribution in [0.15, 0.2) is 102 Å².